The molecule has 1 rings (SSSR count). The number of hydrogen-bond acceptors (Lipinski definition) is 2. The van der Waals surface area contributed by atoms with Crippen molar-refractivity contribution in [1.29, 1.82) is 0 Å². The summed E-state index contributed by atoms with van der Waals surface area (Å²) < 4.78 is 4.50. The van der Waals surface area contributed by atoms with Gasteiger partial charge >= 0.3 is 0 Å². The van der Waals surface area contributed by atoms with Gasteiger partial charge in [-0.25, -0.2) is 0 Å². The molecular weight excluding hydrogens is 94.0 g/mol. The molecule has 3 nitrogen and oxygen atoms in total. The molecule has 1 atom stereocenters. The molecule has 0 spiro atoms. The largest absolute Gasteiger partial charge is 0.461 e. The maximum Gasteiger partial charge on any atom is 0.289 e. The van der Waals surface area contributed by atoms with Crippen LogP contribution in [-0.4, -0.2) is 18.4 Å². The summed E-state index contributed by atoms with van der Waals surface area (Å²) in [7, 11) is 0. The molecule has 1 amide bonds. The van der Waals surface area contributed by atoms with Gasteiger partial charge in [0.1, 0.15) is 0 Å². The minimum Gasteiger partial charge on any atom is -0.461 e. The van der Waals surface area contributed by atoms with E-state index in [1.165, 1.54) is 0 Å². The third-order valence-corrected chi connectivity index (χ3v) is 0.733. The molecule has 1 aliphatic heterocycles. The molecule has 0 bridgehead atoms. The maximum absolute atomic E-state index is 10.2. The summed E-state index contributed by atoms with van der Waals surface area (Å²) in [6, 6.07) is 0. The first kappa shape index (κ1) is 4.30. The van der Waals surface area contributed by atoms with Gasteiger partial charge in [0.25, 0.3) is 12.3 Å². The number of carbonyl (C=O) groups is 1. The van der Waals surface area contributed by atoms with E-state index in [4.69, 9.17) is 0 Å². The van der Waals surface area contributed by atoms with Crippen LogP contribution in [0.2, 0.25) is 0 Å². The Hall–Kier alpha value is -0.860. The van der Waals surface area contributed by atoms with Gasteiger partial charge in [-0.15, -0.1) is 0 Å². The summed E-state index contributed by atoms with van der Waals surface area (Å²) in [5.74, 6) is -0.250. The van der Waals surface area contributed by atoms with Gasteiger partial charge in [0.05, 0.1) is 0 Å². The molecule has 1 heterocycles. The summed E-state index contributed by atoms with van der Waals surface area (Å²) in [5, 5.41) is 0. The Morgan fingerprint density at radius 2 is 2.71 bits per heavy atom. The highest BCUT2D eigenvalue weighted by molar-refractivity contribution is 5.91. The Morgan fingerprint density at radius 1 is 2.00 bits per heavy atom. The van der Waals surface area contributed by atoms with Crippen molar-refractivity contribution in [3.63, 3.8) is 0 Å². The summed E-state index contributed by atoms with van der Waals surface area (Å²) in [6.07, 6.45) is 1.69. The van der Waals surface area contributed by atoms with Crippen LogP contribution in [0.5, 0.6) is 0 Å². The van der Waals surface area contributed by atoms with E-state index in [1.807, 2.05) is 0 Å². The number of ether oxygens (including phenoxy) is 1. The Kier molecular flexibility index (Phi) is 0.817. The second-order valence-corrected chi connectivity index (χ2v) is 1.30. The molecule has 1 radical (unpaired) electrons. The quantitative estimate of drug-likeness (QED) is 0.422. The molecule has 3 heteroatoms. The summed E-state index contributed by atoms with van der Waals surface area (Å²) in [6.45, 7) is 1.63. The van der Waals surface area contributed by atoms with Gasteiger partial charge in [0.2, 0.25) is 0 Å². The second-order valence-electron chi connectivity index (χ2n) is 1.30. The monoisotopic (exact) mass is 98.0 g/mol. The standard InChI is InChI=1S/C4H4NO2/c1-3-4(6)5-2-7-3/h3H,1H3. The van der Waals surface area contributed by atoms with E-state index in [-0.39, 0.29) is 5.91 Å². The molecule has 0 saturated heterocycles. The highest BCUT2D eigenvalue weighted by Gasteiger charge is 2.16. The fourth-order valence-corrected chi connectivity index (χ4v) is 0.292. The van der Waals surface area contributed by atoms with Gasteiger partial charge in [-0.2, -0.15) is 4.99 Å². The normalized spacial score (nSPS) is 28.1. The zero-order chi connectivity index (χ0) is 5.28. The van der Waals surface area contributed by atoms with Crippen LogP contribution in [0.4, 0.5) is 0 Å². The molecular formula is C4H4NO2. The lowest BCUT2D eigenvalue weighted by molar-refractivity contribution is -0.121. The Balaban J connectivity index is 2.62. The van der Waals surface area contributed by atoms with E-state index < -0.39 is 6.10 Å². The average molecular weight is 98.1 g/mol. The van der Waals surface area contributed by atoms with E-state index >= 15 is 0 Å². The number of aliphatic imine (C=N–C) groups is 1. The van der Waals surface area contributed by atoms with Crippen molar-refractivity contribution in [2.75, 3.05) is 0 Å². The average Bonchev–Trinajstić information content (AvgIpc) is 1.91. The molecule has 0 aromatic carbocycles. The fraction of sp³-hybridized carbons (Fsp3) is 0.500. The lowest BCUT2D eigenvalue weighted by Gasteiger charge is -1.92. The maximum atomic E-state index is 10.2. The summed E-state index contributed by atoms with van der Waals surface area (Å²) >= 11 is 0. The number of hydrogen-bond donors (Lipinski definition) is 0. The van der Waals surface area contributed by atoms with Crippen molar-refractivity contribution in [3.05, 3.63) is 0 Å². The second kappa shape index (κ2) is 1.33. The molecule has 37 valence electrons. The highest BCUT2D eigenvalue weighted by atomic mass is 16.5. The van der Waals surface area contributed by atoms with Crippen molar-refractivity contribution < 1.29 is 9.53 Å². The van der Waals surface area contributed by atoms with Crippen LogP contribution >= 0.6 is 0 Å². The lowest BCUT2D eigenvalue weighted by atomic mass is 10.4. The molecule has 0 aromatic heterocycles. The minimum absolute atomic E-state index is 0.250. The molecule has 1 aliphatic rings. The number of amides is 1. The molecule has 0 fully saturated rings. The SMILES string of the molecule is CC1O[C]=NC1=O. The third kappa shape index (κ3) is 0.607. The molecule has 0 aromatic rings. The molecule has 0 N–H and O–H groups in total. The molecule has 1 unspecified atom stereocenters. The van der Waals surface area contributed by atoms with E-state index in [0.29, 0.717) is 0 Å². The fourth-order valence-electron chi connectivity index (χ4n) is 0.292. The number of rotatable bonds is 0. The Morgan fingerprint density at radius 3 is 2.86 bits per heavy atom. The van der Waals surface area contributed by atoms with Crippen LogP contribution in [0.3, 0.4) is 0 Å². The smallest absolute Gasteiger partial charge is 0.289 e. The predicted molar refractivity (Wildman–Crippen MR) is 23.0 cm³/mol. The van der Waals surface area contributed by atoms with E-state index in [2.05, 4.69) is 16.1 Å². The van der Waals surface area contributed by atoms with Crippen LogP contribution in [0.15, 0.2) is 4.99 Å². The summed E-state index contributed by atoms with van der Waals surface area (Å²) in [4.78, 5) is 13.4. The van der Waals surface area contributed by atoms with Gasteiger partial charge in [0.15, 0.2) is 6.10 Å². The Labute approximate surface area is 41.0 Å². The van der Waals surface area contributed by atoms with Crippen LogP contribution in [0.25, 0.3) is 0 Å². The van der Waals surface area contributed by atoms with Crippen molar-refractivity contribution in [1.82, 2.24) is 0 Å². The van der Waals surface area contributed by atoms with Gasteiger partial charge in [-0.1, -0.05) is 0 Å². The van der Waals surface area contributed by atoms with Gasteiger partial charge in [-0.3, -0.25) is 4.79 Å². The molecule has 0 saturated carbocycles. The van der Waals surface area contributed by atoms with Crippen molar-refractivity contribution in [2.24, 2.45) is 4.99 Å². The minimum atomic E-state index is -0.403. The molecule has 0 aliphatic carbocycles. The zero-order valence-corrected chi connectivity index (χ0v) is 3.84. The first-order chi connectivity index (χ1) is 3.30. The van der Waals surface area contributed by atoms with E-state index in [0.717, 1.165) is 0 Å². The Bertz CT molecular complexity index is 119. The third-order valence-electron chi connectivity index (χ3n) is 0.733. The van der Waals surface area contributed by atoms with Crippen LogP contribution in [0, 0.1) is 0 Å². The van der Waals surface area contributed by atoms with Crippen LogP contribution < -0.4 is 0 Å². The topological polar surface area (TPSA) is 38.7 Å². The van der Waals surface area contributed by atoms with Crippen LogP contribution in [-0.2, 0) is 9.53 Å². The van der Waals surface area contributed by atoms with E-state index in [9.17, 15) is 4.79 Å². The van der Waals surface area contributed by atoms with Crippen LogP contribution in [0.1, 0.15) is 6.92 Å². The summed E-state index contributed by atoms with van der Waals surface area (Å²) in [5.41, 5.74) is 0. The predicted octanol–water partition coefficient (Wildman–Crippen LogP) is -0.163. The van der Waals surface area contributed by atoms with Gasteiger partial charge in [0, 0.05) is 0 Å². The first-order valence-corrected chi connectivity index (χ1v) is 1.96. The number of nitrogens with zero attached hydrogens (tertiary/aromatic N) is 1. The molecule has 7 heavy (non-hydrogen) atoms. The van der Waals surface area contributed by atoms with Crippen molar-refractivity contribution in [3.8, 4) is 0 Å². The highest BCUT2D eigenvalue weighted by Crippen LogP contribution is 1.97. The van der Waals surface area contributed by atoms with Crippen molar-refractivity contribution >= 4 is 12.3 Å². The first-order valence-electron chi connectivity index (χ1n) is 1.96. The van der Waals surface area contributed by atoms with E-state index in [1.54, 1.807) is 6.92 Å². The zero-order valence-electron chi connectivity index (χ0n) is 3.84. The van der Waals surface area contributed by atoms with Gasteiger partial charge in [-0.05, 0) is 6.92 Å². The van der Waals surface area contributed by atoms with Crippen molar-refractivity contribution in [2.45, 2.75) is 13.0 Å². The lowest BCUT2D eigenvalue weighted by Crippen LogP contribution is -2.09. The van der Waals surface area contributed by atoms with Gasteiger partial charge < -0.3 is 4.74 Å². The number of carbonyl (C=O) groups excluding carboxylic acids is 1.